The van der Waals surface area contributed by atoms with Crippen molar-refractivity contribution in [2.45, 2.75) is 0 Å². The second-order valence-corrected chi connectivity index (χ2v) is 7.07. The summed E-state index contributed by atoms with van der Waals surface area (Å²) in [7, 11) is 0. The van der Waals surface area contributed by atoms with E-state index >= 15 is 0 Å². The molecule has 0 unspecified atom stereocenters. The molecule has 3 aromatic rings. The Morgan fingerprint density at radius 2 is 1.63 bits per heavy atom. The molecule has 1 N–H and O–H groups in total. The maximum atomic E-state index is 5.93. The van der Waals surface area contributed by atoms with Crippen LogP contribution in [0.15, 0.2) is 59.7 Å². The topological polar surface area (TPSA) is 52.5 Å². The van der Waals surface area contributed by atoms with Gasteiger partial charge in [0, 0.05) is 36.9 Å². The van der Waals surface area contributed by atoms with Crippen LogP contribution in [0.2, 0.25) is 5.02 Å². The van der Waals surface area contributed by atoms with Gasteiger partial charge in [0.15, 0.2) is 0 Å². The maximum absolute atomic E-state index is 5.93. The molecule has 2 heterocycles. The minimum atomic E-state index is 0.473. The van der Waals surface area contributed by atoms with Crippen molar-refractivity contribution in [1.29, 1.82) is 0 Å². The van der Waals surface area contributed by atoms with E-state index in [0.717, 1.165) is 37.7 Å². The number of piperazine rings is 1. The van der Waals surface area contributed by atoms with E-state index in [1.54, 1.807) is 10.9 Å². The van der Waals surface area contributed by atoms with Gasteiger partial charge in [0.25, 0.3) is 0 Å². The van der Waals surface area contributed by atoms with E-state index in [-0.39, 0.29) is 0 Å². The number of para-hydroxylation sites is 1. The van der Waals surface area contributed by atoms with E-state index in [2.05, 4.69) is 49.4 Å². The molecule has 0 saturated carbocycles. The molecule has 0 aliphatic carbocycles. The predicted molar refractivity (Wildman–Crippen MR) is 113 cm³/mol. The summed E-state index contributed by atoms with van der Waals surface area (Å²) < 4.78 is 2.14. The average Bonchev–Trinajstić information content (AvgIpc) is 3.09. The van der Waals surface area contributed by atoms with Crippen LogP contribution in [0.1, 0.15) is 5.56 Å². The van der Waals surface area contributed by atoms with Gasteiger partial charge in [-0.2, -0.15) is 9.78 Å². The van der Waals surface area contributed by atoms with Crippen LogP contribution in [-0.2, 0) is 0 Å². The Morgan fingerprint density at radius 3 is 2.33 bits per heavy atom. The Kier molecular flexibility index (Phi) is 5.22. The Labute approximate surface area is 167 Å². The van der Waals surface area contributed by atoms with E-state index in [0.29, 0.717) is 9.79 Å². The molecule has 0 amide bonds. The molecule has 1 aliphatic rings. The lowest BCUT2D eigenvalue weighted by Crippen LogP contribution is -2.47. The Bertz CT molecular complexity index is 971. The van der Waals surface area contributed by atoms with Crippen molar-refractivity contribution in [3.05, 3.63) is 70.0 Å². The van der Waals surface area contributed by atoms with Crippen molar-refractivity contribution in [2.24, 2.45) is 5.10 Å². The predicted octanol–water partition coefficient (Wildman–Crippen LogP) is 3.80. The molecular weight excluding hydrogens is 380 g/mol. The second-order valence-electron chi connectivity index (χ2n) is 6.25. The first-order valence-corrected chi connectivity index (χ1v) is 9.51. The monoisotopic (exact) mass is 398 g/mol. The number of aromatic nitrogens is 3. The van der Waals surface area contributed by atoms with Gasteiger partial charge in [-0.3, -0.25) is 0 Å². The fourth-order valence-electron chi connectivity index (χ4n) is 3.07. The number of hydrogen-bond acceptors (Lipinski definition) is 5. The highest BCUT2D eigenvalue weighted by Gasteiger charge is 2.21. The lowest BCUT2D eigenvalue weighted by atomic mass is 10.2. The molecule has 0 spiro atoms. The number of halogens is 1. The molecule has 0 atom stereocenters. The number of anilines is 2. The highest BCUT2D eigenvalue weighted by Crippen LogP contribution is 2.19. The number of H-pyrrole nitrogens is 1. The third kappa shape index (κ3) is 4.04. The van der Waals surface area contributed by atoms with Crippen molar-refractivity contribution >= 4 is 41.7 Å². The van der Waals surface area contributed by atoms with Crippen LogP contribution < -0.4 is 9.80 Å². The summed E-state index contributed by atoms with van der Waals surface area (Å²) >= 11 is 11.3. The number of nitrogens with zero attached hydrogens (tertiary/aromatic N) is 5. The van der Waals surface area contributed by atoms with Gasteiger partial charge in [-0.1, -0.05) is 41.9 Å². The van der Waals surface area contributed by atoms with Gasteiger partial charge in [-0.15, -0.1) is 5.10 Å². The molecule has 0 radical (unpaired) electrons. The van der Waals surface area contributed by atoms with Gasteiger partial charge < -0.3 is 9.80 Å². The largest absolute Gasteiger partial charge is 0.368 e. The van der Waals surface area contributed by atoms with Crippen LogP contribution in [0.3, 0.4) is 0 Å². The molecule has 2 aromatic carbocycles. The van der Waals surface area contributed by atoms with E-state index in [4.69, 9.17) is 23.8 Å². The molecule has 8 heteroatoms. The first-order valence-electron chi connectivity index (χ1n) is 8.73. The van der Waals surface area contributed by atoms with Crippen LogP contribution >= 0.6 is 23.8 Å². The van der Waals surface area contributed by atoms with Crippen molar-refractivity contribution in [3.8, 4) is 0 Å². The minimum absolute atomic E-state index is 0.473. The van der Waals surface area contributed by atoms with Crippen LogP contribution in [0.4, 0.5) is 11.6 Å². The van der Waals surface area contributed by atoms with Gasteiger partial charge >= 0.3 is 0 Å². The zero-order valence-corrected chi connectivity index (χ0v) is 16.2. The summed E-state index contributed by atoms with van der Waals surface area (Å²) in [4.78, 5) is 4.57. The van der Waals surface area contributed by atoms with E-state index in [9.17, 15) is 0 Å². The highest BCUT2D eigenvalue weighted by atomic mass is 35.5. The standard InChI is InChI=1S/C19H19ClN6S/c20-16-8-6-15(7-9-16)14-21-26-18(22-23-19(26)27)25-12-10-24(11-13-25)17-4-2-1-3-5-17/h1-9,14H,10-13H2,(H,23,27)/b21-14+. The van der Waals surface area contributed by atoms with Gasteiger partial charge in [0.05, 0.1) is 6.21 Å². The fourth-order valence-corrected chi connectivity index (χ4v) is 3.37. The van der Waals surface area contributed by atoms with Crippen molar-refractivity contribution in [3.63, 3.8) is 0 Å². The molecule has 1 saturated heterocycles. The fraction of sp³-hybridized carbons (Fsp3) is 0.211. The van der Waals surface area contributed by atoms with Gasteiger partial charge in [0.1, 0.15) is 0 Å². The van der Waals surface area contributed by atoms with Crippen molar-refractivity contribution in [1.82, 2.24) is 14.9 Å². The second kappa shape index (κ2) is 7.94. The van der Waals surface area contributed by atoms with E-state index in [1.165, 1.54) is 5.69 Å². The normalized spacial score (nSPS) is 14.9. The summed E-state index contributed by atoms with van der Waals surface area (Å²) in [6.45, 7) is 3.55. The lowest BCUT2D eigenvalue weighted by molar-refractivity contribution is 0.627. The summed E-state index contributed by atoms with van der Waals surface area (Å²) in [5, 5.41) is 12.4. The molecule has 1 aliphatic heterocycles. The van der Waals surface area contributed by atoms with Crippen LogP contribution in [0.5, 0.6) is 0 Å². The highest BCUT2D eigenvalue weighted by molar-refractivity contribution is 7.71. The Balaban J connectivity index is 1.49. The van der Waals surface area contributed by atoms with Crippen LogP contribution in [0, 0.1) is 4.77 Å². The summed E-state index contributed by atoms with van der Waals surface area (Å²) in [5.74, 6) is 0.734. The lowest BCUT2D eigenvalue weighted by Gasteiger charge is -2.36. The molecule has 0 bridgehead atoms. The Morgan fingerprint density at radius 1 is 0.963 bits per heavy atom. The maximum Gasteiger partial charge on any atom is 0.246 e. The first-order chi connectivity index (χ1) is 13.2. The van der Waals surface area contributed by atoms with E-state index < -0.39 is 0 Å². The number of aromatic amines is 1. The molecule has 138 valence electrons. The molecule has 4 rings (SSSR count). The number of rotatable bonds is 4. The third-order valence-corrected chi connectivity index (χ3v) is 5.03. The molecular formula is C19H19ClN6S. The third-order valence-electron chi connectivity index (χ3n) is 4.51. The first kappa shape index (κ1) is 17.8. The van der Waals surface area contributed by atoms with Gasteiger partial charge in [0.2, 0.25) is 10.7 Å². The van der Waals surface area contributed by atoms with Crippen molar-refractivity contribution in [2.75, 3.05) is 36.0 Å². The average molecular weight is 399 g/mol. The minimum Gasteiger partial charge on any atom is -0.368 e. The number of hydrogen-bond donors (Lipinski definition) is 1. The van der Waals surface area contributed by atoms with E-state index in [1.807, 2.05) is 30.3 Å². The quantitative estimate of drug-likeness (QED) is 0.536. The van der Waals surface area contributed by atoms with Gasteiger partial charge in [-0.05, 0) is 42.0 Å². The zero-order chi connectivity index (χ0) is 18.6. The number of benzene rings is 2. The smallest absolute Gasteiger partial charge is 0.246 e. The SMILES string of the molecule is S=c1[nH]nc(N2CCN(c3ccccc3)CC2)n1/N=C/c1ccc(Cl)cc1. The van der Waals surface area contributed by atoms with Crippen LogP contribution in [-0.4, -0.2) is 47.3 Å². The molecule has 27 heavy (non-hydrogen) atoms. The number of nitrogens with one attached hydrogen (secondary N) is 1. The summed E-state index contributed by atoms with van der Waals surface area (Å²) in [5.41, 5.74) is 2.19. The van der Waals surface area contributed by atoms with Crippen LogP contribution in [0.25, 0.3) is 0 Å². The van der Waals surface area contributed by atoms with Crippen molar-refractivity contribution < 1.29 is 0 Å². The molecule has 6 nitrogen and oxygen atoms in total. The summed E-state index contributed by atoms with van der Waals surface area (Å²) in [6, 6.07) is 17.9. The molecule has 1 aromatic heterocycles. The summed E-state index contributed by atoms with van der Waals surface area (Å²) in [6.07, 6.45) is 1.76. The Hall–Kier alpha value is -2.64. The zero-order valence-electron chi connectivity index (χ0n) is 14.6. The molecule has 1 fully saturated rings. The van der Waals surface area contributed by atoms with Gasteiger partial charge in [-0.25, -0.2) is 5.10 Å².